The third-order valence-corrected chi connectivity index (χ3v) is 4.43. The Labute approximate surface area is 134 Å². The first-order valence-electron chi connectivity index (χ1n) is 8.21. The Morgan fingerprint density at radius 1 is 1.30 bits per heavy atom. The lowest BCUT2D eigenvalue weighted by molar-refractivity contribution is -0.127. The number of carbonyl (C=O) groups is 1. The van der Waals surface area contributed by atoms with Crippen LogP contribution in [0, 0.1) is 5.92 Å². The molecular formula is C18H20N2O3. The van der Waals surface area contributed by atoms with Gasteiger partial charge in [0.15, 0.2) is 5.58 Å². The van der Waals surface area contributed by atoms with Gasteiger partial charge in [-0.25, -0.2) is 4.98 Å². The molecule has 1 amide bonds. The fraction of sp³-hybridized carbons (Fsp3) is 0.444. The topological polar surface area (TPSA) is 55.6 Å². The van der Waals surface area contributed by atoms with Gasteiger partial charge in [-0.05, 0) is 31.4 Å². The minimum atomic E-state index is 0.0432. The van der Waals surface area contributed by atoms with Gasteiger partial charge in [-0.2, -0.15) is 0 Å². The fourth-order valence-electron chi connectivity index (χ4n) is 3.01. The second kappa shape index (κ2) is 6.16. The molecule has 2 aromatic rings. The van der Waals surface area contributed by atoms with Crippen molar-refractivity contribution in [2.45, 2.75) is 25.3 Å². The largest absolute Gasteiger partial charge is 0.437 e. The quantitative estimate of drug-likeness (QED) is 0.797. The van der Waals surface area contributed by atoms with E-state index in [1.165, 1.54) is 0 Å². The Bertz CT molecular complexity index is 694. The maximum absolute atomic E-state index is 12.5. The second-order valence-electron chi connectivity index (χ2n) is 6.30. The van der Waals surface area contributed by atoms with Crippen LogP contribution < -0.4 is 0 Å². The zero-order valence-corrected chi connectivity index (χ0v) is 13.0. The van der Waals surface area contributed by atoms with E-state index in [1.807, 2.05) is 29.2 Å². The molecule has 5 heteroatoms. The van der Waals surface area contributed by atoms with E-state index >= 15 is 0 Å². The maximum Gasteiger partial charge on any atom is 0.247 e. The molecule has 1 saturated carbocycles. The molecule has 2 fully saturated rings. The van der Waals surface area contributed by atoms with Crippen molar-refractivity contribution in [2.75, 3.05) is 19.8 Å². The molecule has 1 aliphatic carbocycles. The predicted octanol–water partition coefficient (Wildman–Crippen LogP) is 2.87. The molecule has 1 aliphatic heterocycles. The van der Waals surface area contributed by atoms with Gasteiger partial charge >= 0.3 is 0 Å². The van der Waals surface area contributed by atoms with Gasteiger partial charge in [0, 0.05) is 37.3 Å². The molecule has 2 heterocycles. The van der Waals surface area contributed by atoms with Crippen molar-refractivity contribution >= 4 is 23.1 Å². The van der Waals surface area contributed by atoms with Crippen LogP contribution in [0.25, 0.3) is 17.2 Å². The van der Waals surface area contributed by atoms with E-state index in [0.29, 0.717) is 17.9 Å². The summed E-state index contributed by atoms with van der Waals surface area (Å²) in [4.78, 5) is 18.9. The first-order chi connectivity index (χ1) is 11.3. The number of nitrogens with zero attached hydrogens (tertiary/aromatic N) is 2. The van der Waals surface area contributed by atoms with Crippen LogP contribution in [-0.4, -0.2) is 41.6 Å². The smallest absolute Gasteiger partial charge is 0.247 e. The number of oxazole rings is 1. The number of hydrogen-bond donors (Lipinski definition) is 0. The van der Waals surface area contributed by atoms with Crippen LogP contribution in [0.2, 0.25) is 0 Å². The molecule has 1 aromatic carbocycles. The molecule has 0 bridgehead atoms. The Hall–Kier alpha value is -2.14. The van der Waals surface area contributed by atoms with Crippen molar-refractivity contribution in [1.82, 2.24) is 9.88 Å². The minimum absolute atomic E-state index is 0.0432. The molecule has 5 nitrogen and oxygen atoms in total. The molecular weight excluding hydrogens is 292 g/mol. The highest BCUT2D eigenvalue weighted by atomic mass is 16.5. The van der Waals surface area contributed by atoms with Crippen molar-refractivity contribution in [3.63, 3.8) is 0 Å². The fourth-order valence-corrected chi connectivity index (χ4v) is 3.01. The number of rotatable bonds is 5. The van der Waals surface area contributed by atoms with Crippen molar-refractivity contribution in [1.29, 1.82) is 0 Å². The van der Waals surface area contributed by atoms with Crippen LogP contribution >= 0.6 is 0 Å². The number of benzene rings is 1. The number of para-hydroxylation sites is 2. The van der Waals surface area contributed by atoms with Crippen molar-refractivity contribution in [3.8, 4) is 0 Å². The summed E-state index contributed by atoms with van der Waals surface area (Å²) >= 11 is 0. The van der Waals surface area contributed by atoms with E-state index in [9.17, 15) is 4.79 Å². The van der Waals surface area contributed by atoms with Gasteiger partial charge < -0.3 is 14.1 Å². The summed E-state index contributed by atoms with van der Waals surface area (Å²) < 4.78 is 11.0. The normalized spacial score (nSPS) is 21.3. The van der Waals surface area contributed by atoms with Gasteiger partial charge in [-0.1, -0.05) is 12.1 Å². The SMILES string of the molecule is O=C(/C=C/c1nc2ccccc2o1)N(C[C@H]1CCOC1)C1CC1. The molecule has 4 rings (SSSR count). The van der Waals surface area contributed by atoms with Gasteiger partial charge in [0.05, 0.1) is 6.61 Å². The lowest BCUT2D eigenvalue weighted by Gasteiger charge is -2.23. The van der Waals surface area contributed by atoms with E-state index in [4.69, 9.17) is 9.15 Å². The molecule has 2 aliphatic rings. The summed E-state index contributed by atoms with van der Waals surface area (Å²) in [6, 6.07) is 8.00. The van der Waals surface area contributed by atoms with Gasteiger partial charge in [0.1, 0.15) is 5.52 Å². The zero-order valence-electron chi connectivity index (χ0n) is 13.0. The molecule has 0 radical (unpaired) electrons. The summed E-state index contributed by atoms with van der Waals surface area (Å²) in [6.07, 6.45) is 6.51. The van der Waals surface area contributed by atoms with Gasteiger partial charge in [-0.3, -0.25) is 4.79 Å². The number of hydrogen-bond acceptors (Lipinski definition) is 4. The summed E-state index contributed by atoms with van der Waals surface area (Å²) in [7, 11) is 0. The first-order valence-corrected chi connectivity index (χ1v) is 8.21. The minimum Gasteiger partial charge on any atom is -0.437 e. The molecule has 1 saturated heterocycles. The highest BCUT2D eigenvalue weighted by Gasteiger charge is 2.33. The maximum atomic E-state index is 12.5. The number of amides is 1. The third-order valence-electron chi connectivity index (χ3n) is 4.43. The molecule has 1 aromatic heterocycles. The number of aromatic nitrogens is 1. The van der Waals surface area contributed by atoms with Gasteiger partial charge in [0.25, 0.3) is 0 Å². The first kappa shape index (κ1) is 14.5. The van der Waals surface area contributed by atoms with Crippen LogP contribution in [0.3, 0.4) is 0 Å². The van der Waals surface area contributed by atoms with Crippen molar-refractivity contribution in [2.24, 2.45) is 5.92 Å². The standard InChI is InChI=1S/C18H20N2O3/c21-18(20(14-5-6-14)11-13-9-10-22-12-13)8-7-17-19-15-3-1-2-4-16(15)23-17/h1-4,7-8,13-14H,5-6,9-12H2/b8-7+/t13-/m1/s1. The zero-order chi connectivity index (χ0) is 15.6. The number of fused-ring (bicyclic) bond motifs is 1. The van der Waals surface area contributed by atoms with Gasteiger partial charge in [-0.15, -0.1) is 0 Å². The Kier molecular flexibility index (Phi) is 3.87. The third kappa shape index (κ3) is 3.29. The Morgan fingerprint density at radius 2 is 2.17 bits per heavy atom. The number of ether oxygens (including phenoxy) is 1. The Balaban J connectivity index is 1.45. The molecule has 0 N–H and O–H groups in total. The highest BCUT2D eigenvalue weighted by molar-refractivity contribution is 5.92. The highest BCUT2D eigenvalue weighted by Crippen LogP contribution is 2.29. The summed E-state index contributed by atoms with van der Waals surface area (Å²) in [6.45, 7) is 2.38. The van der Waals surface area contributed by atoms with E-state index in [0.717, 1.165) is 50.1 Å². The van der Waals surface area contributed by atoms with Gasteiger partial charge in [0.2, 0.25) is 11.8 Å². The number of carbonyl (C=O) groups excluding carboxylic acids is 1. The average molecular weight is 312 g/mol. The lowest BCUT2D eigenvalue weighted by atomic mass is 10.1. The monoisotopic (exact) mass is 312 g/mol. The van der Waals surface area contributed by atoms with Crippen molar-refractivity contribution < 1.29 is 13.9 Å². The predicted molar refractivity (Wildman–Crippen MR) is 86.7 cm³/mol. The van der Waals surface area contributed by atoms with Crippen LogP contribution in [0.1, 0.15) is 25.2 Å². The lowest BCUT2D eigenvalue weighted by Crippen LogP contribution is -2.36. The van der Waals surface area contributed by atoms with Crippen LogP contribution in [-0.2, 0) is 9.53 Å². The van der Waals surface area contributed by atoms with E-state index in [1.54, 1.807) is 12.2 Å². The Morgan fingerprint density at radius 3 is 2.91 bits per heavy atom. The second-order valence-corrected chi connectivity index (χ2v) is 6.30. The van der Waals surface area contributed by atoms with E-state index in [2.05, 4.69) is 4.98 Å². The molecule has 0 unspecified atom stereocenters. The van der Waals surface area contributed by atoms with Crippen LogP contribution in [0.4, 0.5) is 0 Å². The average Bonchev–Trinajstić information content (AvgIpc) is 3.11. The molecule has 0 spiro atoms. The summed E-state index contributed by atoms with van der Waals surface area (Å²) in [5.41, 5.74) is 1.54. The van der Waals surface area contributed by atoms with E-state index in [-0.39, 0.29) is 5.91 Å². The van der Waals surface area contributed by atoms with Crippen LogP contribution in [0.15, 0.2) is 34.8 Å². The summed E-state index contributed by atoms with van der Waals surface area (Å²) in [5, 5.41) is 0. The summed E-state index contributed by atoms with van der Waals surface area (Å²) in [5.74, 6) is 0.985. The van der Waals surface area contributed by atoms with Crippen LogP contribution in [0.5, 0.6) is 0 Å². The molecule has 23 heavy (non-hydrogen) atoms. The van der Waals surface area contributed by atoms with E-state index < -0.39 is 0 Å². The van der Waals surface area contributed by atoms with Crippen molar-refractivity contribution in [3.05, 3.63) is 36.2 Å². The molecule has 1 atom stereocenters. The molecule has 120 valence electrons.